The number of likely N-dealkylation sites (N-methyl/N-ethyl adjacent to an activating group) is 2. The molecule has 0 unspecified atom stereocenters. The van der Waals surface area contributed by atoms with Gasteiger partial charge in [0.1, 0.15) is 0 Å². The summed E-state index contributed by atoms with van der Waals surface area (Å²) < 4.78 is 4.55. The summed E-state index contributed by atoms with van der Waals surface area (Å²) in [7, 11) is 3.27. The van der Waals surface area contributed by atoms with Crippen LogP contribution < -0.4 is 0 Å². The Labute approximate surface area is 104 Å². The smallest absolute Gasteiger partial charge is 0.305 e. The molecule has 0 aromatic rings. The summed E-state index contributed by atoms with van der Waals surface area (Å²) in [5, 5.41) is 0. The molecule has 0 N–H and O–H groups in total. The van der Waals surface area contributed by atoms with Crippen molar-refractivity contribution in [2.45, 2.75) is 26.7 Å². The minimum absolute atomic E-state index is 0.135. The Morgan fingerprint density at radius 3 is 2.24 bits per heavy atom. The Kier molecular flexibility index (Phi) is 8.40. The number of rotatable bonds is 8. The maximum Gasteiger partial charge on any atom is 0.305 e. The van der Waals surface area contributed by atoms with E-state index in [0.29, 0.717) is 19.4 Å². The Morgan fingerprint density at radius 2 is 1.76 bits per heavy atom. The molecule has 0 saturated carbocycles. The fraction of sp³-hybridized carbons (Fsp3) is 0.833. The number of hydrogen-bond acceptors (Lipinski definition) is 4. The fourth-order valence-corrected chi connectivity index (χ4v) is 1.58. The van der Waals surface area contributed by atoms with E-state index in [1.165, 1.54) is 7.11 Å². The average Bonchev–Trinajstić information content (AvgIpc) is 2.30. The number of hydrogen-bond donors (Lipinski definition) is 0. The molecule has 100 valence electrons. The molecule has 17 heavy (non-hydrogen) atoms. The lowest BCUT2D eigenvalue weighted by molar-refractivity contribution is -0.140. The third kappa shape index (κ3) is 6.94. The van der Waals surface area contributed by atoms with Crippen molar-refractivity contribution < 1.29 is 14.3 Å². The number of ether oxygens (including phenoxy) is 1. The highest BCUT2D eigenvalue weighted by atomic mass is 16.5. The van der Waals surface area contributed by atoms with Crippen molar-refractivity contribution in [3.8, 4) is 0 Å². The maximum atomic E-state index is 11.8. The van der Waals surface area contributed by atoms with E-state index in [9.17, 15) is 9.59 Å². The SMILES string of the molecule is CCN(CC)C(=O)CN(C)CCCC(=O)OC. The first-order valence-corrected chi connectivity index (χ1v) is 6.08. The number of esters is 1. The van der Waals surface area contributed by atoms with Gasteiger partial charge < -0.3 is 9.64 Å². The van der Waals surface area contributed by atoms with Gasteiger partial charge in [0.2, 0.25) is 5.91 Å². The zero-order valence-electron chi connectivity index (χ0n) is 11.4. The minimum Gasteiger partial charge on any atom is -0.469 e. The van der Waals surface area contributed by atoms with Crippen molar-refractivity contribution in [1.82, 2.24) is 9.80 Å². The van der Waals surface area contributed by atoms with Gasteiger partial charge in [0.05, 0.1) is 13.7 Å². The van der Waals surface area contributed by atoms with Gasteiger partial charge in [-0.25, -0.2) is 0 Å². The molecule has 0 fully saturated rings. The highest BCUT2D eigenvalue weighted by Gasteiger charge is 2.12. The Hall–Kier alpha value is -1.10. The largest absolute Gasteiger partial charge is 0.469 e. The summed E-state index contributed by atoms with van der Waals surface area (Å²) in [6.45, 7) is 6.55. The lowest BCUT2D eigenvalue weighted by Gasteiger charge is -2.22. The second-order valence-corrected chi connectivity index (χ2v) is 3.98. The Bertz CT molecular complexity index is 240. The molecule has 0 aromatic heterocycles. The molecule has 5 heteroatoms. The molecule has 0 atom stereocenters. The molecule has 0 rings (SSSR count). The van der Waals surface area contributed by atoms with E-state index >= 15 is 0 Å². The van der Waals surface area contributed by atoms with Gasteiger partial charge in [-0.05, 0) is 33.9 Å². The standard InChI is InChI=1S/C12H24N2O3/c1-5-14(6-2)11(15)10-13(3)9-7-8-12(16)17-4/h5-10H2,1-4H3. The Balaban J connectivity index is 3.81. The van der Waals surface area contributed by atoms with Crippen molar-refractivity contribution in [2.24, 2.45) is 0 Å². The highest BCUT2D eigenvalue weighted by molar-refractivity contribution is 5.78. The summed E-state index contributed by atoms with van der Waals surface area (Å²) in [4.78, 5) is 26.4. The van der Waals surface area contributed by atoms with Crippen LogP contribution in [-0.4, -0.2) is 62.0 Å². The molecule has 5 nitrogen and oxygen atoms in total. The first-order chi connectivity index (χ1) is 8.04. The van der Waals surface area contributed by atoms with Gasteiger partial charge in [-0.3, -0.25) is 14.5 Å². The van der Waals surface area contributed by atoms with Crippen LogP contribution in [-0.2, 0) is 14.3 Å². The van der Waals surface area contributed by atoms with Gasteiger partial charge in [-0.2, -0.15) is 0 Å². The minimum atomic E-state index is -0.200. The lowest BCUT2D eigenvalue weighted by atomic mass is 10.3. The molecule has 0 radical (unpaired) electrons. The maximum absolute atomic E-state index is 11.8. The van der Waals surface area contributed by atoms with Crippen molar-refractivity contribution in [3.05, 3.63) is 0 Å². The third-order valence-corrected chi connectivity index (χ3v) is 2.67. The van der Waals surface area contributed by atoms with Crippen LogP contribution in [0.4, 0.5) is 0 Å². The topological polar surface area (TPSA) is 49.9 Å². The predicted molar refractivity (Wildman–Crippen MR) is 66.7 cm³/mol. The summed E-state index contributed by atoms with van der Waals surface area (Å²) in [6.07, 6.45) is 1.12. The first kappa shape index (κ1) is 15.9. The van der Waals surface area contributed by atoms with E-state index in [2.05, 4.69) is 4.74 Å². The van der Waals surface area contributed by atoms with Crippen LogP contribution in [0.1, 0.15) is 26.7 Å². The molecule has 0 spiro atoms. The van der Waals surface area contributed by atoms with Crippen LogP contribution in [0.3, 0.4) is 0 Å². The second kappa shape index (κ2) is 8.98. The zero-order chi connectivity index (χ0) is 13.3. The first-order valence-electron chi connectivity index (χ1n) is 6.08. The number of carbonyl (C=O) groups excluding carboxylic acids is 2. The second-order valence-electron chi connectivity index (χ2n) is 3.98. The quantitative estimate of drug-likeness (QED) is 0.591. The number of amides is 1. The molecule has 0 heterocycles. The fourth-order valence-electron chi connectivity index (χ4n) is 1.58. The van der Waals surface area contributed by atoms with Gasteiger partial charge in [0.15, 0.2) is 0 Å². The van der Waals surface area contributed by atoms with Crippen LogP contribution in [0.15, 0.2) is 0 Å². The van der Waals surface area contributed by atoms with E-state index in [1.54, 1.807) is 4.90 Å². The van der Waals surface area contributed by atoms with E-state index in [0.717, 1.165) is 19.6 Å². The van der Waals surface area contributed by atoms with E-state index in [-0.39, 0.29) is 11.9 Å². The molecule has 0 aliphatic rings. The van der Waals surface area contributed by atoms with Gasteiger partial charge in [-0.15, -0.1) is 0 Å². The predicted octanol–water partition coefficient (Wildman–Crippen LogP) is 0.740. The molecular weight excluding hydrogens is 220 g/mol. The van der Waals surface area contributed by atoms with E-state index < -0.39 is 0 Å². The van der Waals surface area contributed by atoms with Gasteiger partial charge >= 0.3 is 5.97 Å². The molecular formula is C12H24N2O3. The number of carbonyl (C=O) groups is 2. The molecule has 0 bridgehead atoms. The van der Waals surface area contributed by atoms with Crippen LogP contribution in [0.2, 0.25) is 0 Å². The summed E-state index contributed by atoms with van der Waals surface area (Å²) in [5.41, 5.74) is 0. The van der Waals surface area contributed by atoms with Crippen LogP contribution in [0.25, 0.3) is 0 Å². The highest BCUT2D eigenvalue weighted by Crippen LogP contribution is 1.97. The van der Waals surface area contributed by atoms with Crippen LogP contribution in [0, 0.1) is 0 Å². The lowest BCUT2D eigenvalue weighted by Crippen LogP contribution is -2.39. The number of methoxy groups -OCH3 is 1. The average molecular weight is 244 g/mol. The normalized spacial score (nSPS) is 10.4. The van der Waals surface area contributed by atoms with Crippen LogP contribution in [0.5, 0.6) is 0 Å². The van der Waals surface area contributed by atoms with E-state index in [1.807, 2.05) is 25.8 Å². The van der Waals surface area contributed by atoms with Crippen LogP contribution >= 0.6 is 0 Å². The summed E-state index contributed by atoms with van der Waals surface area (Å²) in [6, 6.07) is 0. The van der Waals surface area contributed by atoms with Gasteiger partial charge in [0, 0.05) is 19.5 Å². The monoisotopic (exact) mass is 244 g/mol. The van der Waals surface area contributed by atoms with E-state index in [4.69, 9.17) is 0 Å². The summed E-state index contributed by atoms with van der Waals surface area (Å²) >= 11 is 0. The third-order valence-electron chi connectivity index (χ3n) is 2.67. The number of nitrogens with zero attached hydrogens (tertiary/aromatic N) is 2. The zero-order valence-corrected chi connectivity index (χ0v) is 11.4. The Morgan fingerprint density at radius 1 is 1.18 bits per heavy atom. The molecule has 0 saturated heterocycles. The van der Waals surface area contributed by atoms with Crippen molar-refractivity contribution >= 4 is 11.9 Å². The molecule has 0 aliphatic carbocycles. The van der Waals surface area contributed by atoms with Gasteiger partial charge in [-0.1, -0.05) is 0 Å². The van der Waals surface area contributed by atoms with Crippen molar-refractivity contribution in [3.63, 3.8) is 0 Å². The molecule has 0 aliphatic heterocycles. The molecule has 0 aromatic carbocycles. The summed E-state index contributed by atoms with van der Waals surface area (Å²) in [5.74, 6) is -0.0657. The van der Waals surface area contributed by atoms with Crippen molar-refractivity contribution in [2.75, 3.05) is 40.3 Å². The van der Waals surface area contributed by atoms with Gasteiger partial charge in [0.25, 0.3) is 0 Å². The van der Waals surface area contributed by atoms with Crippen molar-refractivity contribution in [1.29, 1.82) is 0 Å². The molecule has 1 amide bonds.